The van der Waals surface area contributed by atoms with E-state index in [2.05, 4.69) is 32.7 Å². The van der Waals surface area contributed by atoms with Crippen molar-refractivity contribution in [3.63, 3.8) is 0 Å². The van der Waals surface area contributed by atoms with E-state index in [1.54, 1.807) is 6.33 Å². The minimum Gasteiger partial charge on any atom is -0.381 e. The molecule has 0 atom stereocenters. The predicted molar refractivity (Wildman–Crippen MR) is 92.8 cm³/mol. The molecule has 1 aromatic rings. The number of aryl methyl sites for hydroxylation is 1. The Balaban J connectivity index is 1.59. The first-order chi connectivity index (χ1) is 11.8. The molecule has 8 heteroatoms. The molecule has 24 heavy (non-hydrogen) atoms. The fourth-order valence-electron chi connectivity index (χ4n) is 2.49. The van der Waals surface area contributed by atoms with Gasteiger partial charge in [0.15, 0.2) is 11.8 Å². The highest BCUT2D eigenvalue weighted by atomic mass is 16.5. The molecule has 2 heterocycles. The van der Waals surface area contributed by atoms with Crippen molar-refractivity contribution in [1.82, 2.24) is 25.4 Å². The molecule has 1 saturated heterocycles. The average Bonchev–Trinajstić information content (AvgIpc) is 3.01. The summed E-state index contributed by atoms with van der Waals surface area (Å²) in [4.78, 5) is 4.52. The van der Waals surface area contributed by atoms with Gasteiger partial charge in [0.05, 0.1) is 0 Å². The summed E-state index contributed by atoms with van der Waals surface area (Å²) >= 11 is 0. The van der Waals surface area contributed by atoms with Gasteiger partial charge in [0.2, 0.25) is 0 Å². The molecule has 0 unspecified atom stereocenters. The van der Waals surface area contributed by atoms with E-state index in [0.717, 1.165) is 70.6 Å². The van der Waals surface area contributed by atoms with Gasteiger partial charge >= 0.3 is 0 Å². The molecule has 1 aromatic heterocycles. The van der Waals surface area contributed by atoms with Crippen molar-refractivity contribution < 1.29 is 9.47 Å². The molecular formula is C16H30N6O2. The summed E-state index contributed by atoms with van der Waals surface area (Å²) in [6.07, 6.45) is 4.88. The van der Waals surface area contributed by atoms with Crippen LogP contribution in [0.5, 0.6) is 0 Å². The maximum Gasteiger partial charge on any atom is 0.191 e. The van der Waals surface area contributed by atoms with Crippen LogP contribution in [0.25, 0.3) is 0 Å². The maximum absolute atomic E-state index is 5.77. The zero-order valence-corrected chi connectivity index (χ0v) is 14.8. The zero-order chi connectivity index (χ0) is 17.0. The van der Waals surface area contributed by atoms with Gasteiger partial charge in [0.1, 0.15) is 12.9 Å². The molecule has 2 N–H and O–H groups in total. The van der Waals surface area contributed by atoms with Crippen LogP contribution in [0, 0.1) is 5.92 Å². The van der Waals surface area contributed by atoms with Gasteiger partial charge in [-0.2, -0.15) is 0 Å². The molecule has 1 aliphatic heterocycles. The van der Waals surface area contributed by atoms with Crippen LogP contribution in [0.15, 0.2) is 11.3 Å². The minimum atomic E-state index is 0.506. The second-order valence-electron chi connectivity index (χ2n) is 5.96. The first kappa shape index (κ1) is 18.7. The highest BCUT2D eigenvalue weighted by Crippen LogP contribution is 2.14. The third kappa shape index (κ3) is 6.84. The van der Waals surface area contributed by atoms with Crippen LogP contribution in [0.2, 0.25) is 0 Å². The first-order valence-electron chi connectivity index (χ1n) is 8.80. The fraction of sp³-hybridized carbons (Fsp3) is 0.812. The molecule has 0 radical (unpaired) electrons. The van der Waals surface area contributed by atoms with Crippen molar-refractivity contribution in [3.05, 3.63) is 12.2 Å². The van der Waals surface area contributed by atoms with E-state index < -0.39 is 0 Å². The monoisotopic (exact) mass is 338 g/mol. The highest BCUT2D eigenvalue weighted by Gasteiger charge is 2.13. The highest BCUT2D eigenvalue weighted by molar-refractivity contribution is 5.79. The number of hydrogen-bond acceptors (Lipinski definition) is 5. The summed E-state index contributed by atoms with van der Waals surface area (Å²) in [5.41, 5.74) is 0. The number of aromatic nitrogens is 3. The topological polar surface area (TPSA) is 85.6 Å². The molecule has 1 aliphatic rings. The van der Waals surface area contributed by atoms with Crippen LogP contribution in [-0.4, -0.2) is 60.2 Å². The lowest BCUT2D eigenvalue weighted by Gasteiger charge is -2.21. The molecule has 0 saturated carbocycles. The average molecular weight is 338 g/mol. The number of rotatable bonds is 9. The molecular weight excluding hydrogens is 308 g/mol. The Bertz CT molecular complexity index is 485. The van der Waals surface area contributed by atoms with Crippen molar-refractivity contribution in [3.8, 4) is 0 Å². The van der Waals surface area contributed by atoms with E-state index in [1.165, 1.54) is 0 Å². The number of ether oxygens (including phenoxy) is 2. The summed E-state index contributed by atoms with van der Waals surface area (Å²) < 4.78 is 13.0. The van der Waals surface area contributed by atoms with Gasteiger partial charge in [-0.25, -0.2) is 4.99 Å². The van der Waals surface area contributed by atoms with E-state index in [9.17, 15) is 0 Å². The summed E-state index contributed by atoms with van der Waals surface area (Å²) in [5.74, 6) is 2.30. The molecule has 0 spiro atoms. The van der Waals surface area contributed by atoms with Crippen LogP contribution >= 0.6 is 0 Å². The van der Waals surface area contributed by atoms with Gasteiger partial charge < -0.3 is 24.7 Å². The Hall–Kier alpha value is -1.67. The van der Waals surface area contributed by atoms with Crippen molar-refractivity contribution in [2.45, 2.75) is 32.7 Å². The van der Waals surface area contributed by atoms with Gasteiger partial charge in [-0.15, -0.1) is 10.2 Å². The normalized spacial score (nSPS) is 16.3. The number of aliphatic imine (C=N–C) groups is 1. The van der Waals surface area contributed by atoms with Crippen LogP contribution in [0.4, 0.5) is 0 Å². The van der Waals surface area contributed by atoms with Crippen LogP contribution in [0.1, 0.15) is 32.0 Å². The summed E-state index contributed by atoms with van der Waals surface area (Å²) in [5, 5.41) is 14.4. The summed E-state index contributed by atoms with van der Waals surface area (Å²) in [6, 6.07) is 0. The van der Waals surface area contributed by atoms with Gasteiger partial charge in [-0.05, 0) is 32.1 Å². The molecule has 0 aliphatic carbocycles. The zero-order valence-electron chi connectivity index (χ0n) is 14.8. The van der Waals surface area contributed by atoms with Gasteiger partial charge in [0, 0.05) is 46.6 Å². The summed E-state index contributed by atoms with van der Waals surface area (Å²) in [7, 11) is 1.92. The lowest BCUT2D eigenvalue weighted by atomic mass is 10.0. The Kier molecular flexibility index (Phi) is 8.54. The molecule has 136 valence electrons. The molecule has 0 amide bonds. The molecule has 8 nitrogen and oxygen atoms in total. The van der Waals surface area contributed by atoms with Gasteiger partial charge in [-0.3, -0.25) is 0 Å². The lowest BCUT2D eigenvalue weighted by molar-refractivity contribution is 0.0203. The van der Waals surface area contributed by atoms with E-state index >= 15 is 0 Å². The standard InChI is InChI=1S/C16H30N6O2/c1-3-17-16(19-11-15-21-20-13-22(15)2)18-7-4-8-24-12-14-5-9-23-10-6-14/h13-14H,3-12H2,1-2H3,(H2,17,18,19). The number of nitrogens with zero attached hydrogens (tertiary/aromatic N) is 4. The van der Waals surface area contributed by atoms with Crippen LogP contribution in [-0.2, 0) is 23.1 Å². The molecule has 0 bridgehead atoms. The first-order valence-corrected chi connectivity index (χ1v) is 8.80. The summed E-state index contributed by atoms with van der Waals surface area (Å²) in [6.45, 7) is 7.59. The molecule has 1 fully saturated rings. The van der Waals surface area contributed by atoms with Crippen molar-refractivity contribution >= 4 is 5.96 Å². The second-order valence-corrected chi connectivity index (χ2v) is 5.96. The largest absolute Gasteiger partial charge is 0.381 e. The number of nitrogens with one attached hydrogen (secondary N) is 2. The smallest absolute Gasteiger partial charge is 0.191 e. The van der Waals surface area contributed by atoms with E-state index in [4.69, 9.17) is 9.47 Å². The predicted octanol–water partition coefficient (Wildman–Crippen LogP) is 0.704. The maximum atomic E-state index is 5.77. The lowest BCUT2D eigenvalue weighted by Crippen LogP contribution is -2.38. The fourth-order valence-corrected chi connectivity index (χ4v) is 2.49. The Labute approximate surface area is 144 Å². The van der Waals surface area contributed by atoms with Gasteiger partial charge in [-0.1, -0.05) is 0 Å². The van der Waals surface area contributed by atoms with Crippen LogP contribution in [0.3, 0.4) is 0 Å². The van der Waals surface area contributed by atoms with E-state index in [-0.39, 0.29) is 0 Å². The number of guanidine groups is 1. The Morgan fingerprint density at radius 3 is 2.96 bits per heavy atom. The van der Waals surface area contributed by atoms with Crippen molar-refractivity contribution in [1.29, 1.82) is 0 Å². The third-order valence-corrected chi connectivity index (χ3v) is 3.98. The molecule has 0 aromatic carbocycles. The van der Waals surface area contributed by atoms with Gasteiger partial charge in [0.25, 0.3) is 0 Å². The molecule has 2 rings (SSSR count). The second kappa shape index (κ2) is 11.0. The Morgan fingerprint density at radius 2 is 2.25 bits per heavy atom. The Morgan fingerprint density at radius 1 is 1.42 bits per heavy atom. The van der Waals surface area contributed by atoms with Crippen molar-refractivity contribution in [2.75, 3.05) is 39.5 Å². The van der Waals surface area contributed by atoms with Crippen molar-refractivity contribution in [2.24, 2.45) is 18.0 Å². The SMILES string of the molecule is CCNC(=NCc1nncn1C)NCCCOCC1CCOCC1. The van der Waals surface area contributed by atoms with E-state index in [0.29, 0.717) is 12.5 Å². The third-order valence-electron chi connectivity index (χ3n) is 3.98. The number of hydrogen-bond donors (Lipinski definition) is 2. The quantitative estimate of drug-likeness (QED) is 0.392. The minimum absolute atomic E-state index is 0.506. The van der Waals surface area contributed by atoms with E-state index in [1.807, 2.05) is 11.6 Å². The van der Waals surface area contributed by atoms with Crippen LogP contribution < -0.4 is 10.6 Å².